The zero-order valence-electron chi connectivity index (χ0n) is 25.6. The van der Waals surface area contributed by atoms with Crippen LogP contribution < -0.4 is 15.6 Å². The number of anilines is 2. The Morgan fingerprint density at radius 2 is 2.00 bits per heavy atom. The number of hydrogen-bond donors (Lipinski definition) is 1. The number of fused-ring (bicyclic) bond motifs is 1. The Balaban J connectivity index is 1.47. The molecule has 44 heavy (non-hydrogen) atoms. The zero-order chi connectivity index (χ0) is 31.4. The van der Waals surface area contributed by atoms with Gasteiger partial charge in [-0.15, -0.1) is 0 Å². The number of methoxy groups -OCH3 is 1. The van der Waals surface area contributed by atoms with Crippen LogP contribution >= 0.6 is 0 Å². The molecule has 0 aliphatic carbocycles. The van der Waals surface area contributed by atoms with Crippen molar-refractivity contribution in [1.29, 1.82) is 0 Å². The number of pyridine rings is 1. The molecule has 1 aliphatic heterocycles. The topological polar surface area (TPSA) is 129 Å². The summed E-state index contributed by atoms with van der Waals surface area (Å²) in [5.74, 6) is 0.837. The maximum Gasteiger partial charge on any atom is 0.260 e. The van der Waals surface area contributed by atoms with Crippen LogP contribution in [0.3, 0.4) is 0 Å². The second-order valence-electron chi connectivity index (χ2n) is 11.4. The van der Waals surface area contributed by atoms with Crippen molar-refractivity contribution in [2.45, 2.75) is 44.4 Å². The minimum atomic E-state index is -3.78. The van der Waals surface area contributed by atoms with Crippen LogP contribution in [0.2, 0.25) is 0 Å². The standard InChI is InChI=1S/C32H39N5O6S/c1-21(2)22(3)28-17-24-18-33-32(34-25-8-10-26(11-9-25)43-27-7-6-13-36(4)20-27)35-29(24)37(30(28)38)19-23-12-14-42-31(23)44(39,40)16-15-41-5/h8-12,14,17-18,21,27H,3,6-7,13,15-16,19-20H2,1-2,4-5H3,(H,33,34,35). The summed E-state index contributed by atoms with van der Waals surface area (Å²) in [6.45, 7) is 9.98. The second-order valence-corrected chi connectivity index (χ2v) is 13.4. The van der Waals surface area contributed by atoms with E-state index in [4.69, 9.17) is 18.9 Å². The third-order valence-corrected chi connectivity index (χ3v) is 9.37. The molecule has 0 bridgehead atoms. The summed E-state index contributed by atoms with van der Waals surface area (Å²) in [4.78, 5) is 25.4. The molecule has 1 unspecified atom stereocenters. The fourth-order valence-corrected chi connectivity index (χ4v) is 6.53. The van der Waals surface area contributed by atoms with Gasteiger partial charge in [-0.25, -0.2) is 13.4 Å². The molecular weight excluding hydrogens is 582 g/mol. The molecule has 0 amide bonds. The second kappa shape index (κ2) is 13.3. The van der Waals surface area contributed by atoms with E-state index in [0.29, 0.717) is 27.7 Å². The highest BCUT2D eigenvalue weighted by Crippen LogP contribution is 2.26. The number of aromatic nitrogens is 3. The Hall–Kier alpha value is -4.00. The van der Waals surface area contributed by atoms with Crippen molar-refractivity contribution >= 4 is 38.1 Å². The molecule has 1 aliphatic rings. The largest absolute Gasteiger partial charge is 0.489 e. The van der Waals surface area contributed by atoms with Gasteiger partial charge in [0.1, 0.15) is 17.5 Å². The van der Waals surface area contributed by atoms with Gasteiger partial charge in [0.25, 0.3) is 5.56 Å². The lowest BCUT2D eigenvalue weighted by atomic mass is 9.97. The first kappa shape index (κ1) is 31.4. The van der Waals surface area contributed by atoms with Gasteiger partial charge in [-0.2, -0.15) is 4.98 Å². The number of ether oxygens (including phenoxy) is 2. The van der Waals surface area contributed by atoms with E-state index < -0.39 is 9.84 Å². The maximum atomic E-state index is 13.9. The van der Waals surface area contributed by atoms with Crippen LogP contribution in [-0.2, 0) is 21.1 Å². The quantitative estimate of drug-likeness (QED) is 0.237. The van der Waals surface area contributed by atoms with E-state index in [1.807, 2.05) is 38.1 Å². The number of benzene rings is 1. The van der Waals surface area contributed by atoms with Crippen LogP contribution in [0.1, 0.15) is 37.8 Å². The summed E-state index contributed by atoms with van der Waals surface area (Å²) >= 11 is 0. The number of furan rings is 1. The van der Waals surface area contributed by atoms with Crippen molar-refractivity contribution in [3.05, 3.63) is 76.9 Å². The summed E-state index contributed by atoms with van der Waals surface area (Å²) < 4.78 is 43.9. The third kappa shape index (κ3) is 7.03. The van der Waals surface area contributed by atoms with Crippen LogP contribution in [0.25, 0.3) is 16.6 Å². The Morgan fingerprint density at radius 3 is 2.70 bits per heavy atom. The lowest BCUT2D eigenvalue weighted by Gasteiger charge is -2.30. The molecule has 4 heterocycles. The van der Waals surface area contributed by atoms with Crippen LogP contribution in [0.5, 0.6) is 5.75 Å². The first-order chi connectivity index (χ1) is 21.1. The van der Waals surface area contributed by atoms with Crippen molar-refractivity contribution < 1.29 is 22.3 Å². The highest BCUT2D eigenvalue weighted by atomic mass is 32.2. The number of nitrogens with one attached hydrogen (secondary N) is 1. The highest BCUT2D eigenvalue weighted by molar-refractivity contribution is 7.91. The Morgan fingerprint density at radius 1 is 1.23 bits per heavy atom. The smallest absolute Gasteiger partial charge is 0.260 e. The van der Waals surface area contributed by atoms with Gasteiger partial charge >= 0.3 is 0 Å². The van der Waals surface area contributed by atoms with E-state index in [9.17, 15) is 13.2 Å². The number of nitrogens with zero attached hydrogens (tertiary/aromatic N) is 4. The Bertz CT molecular complexity index is 1800. The SMILES string of the molecule is C=C(c1cc2cnc(Nc3ccc(OC4CCCN(C)C4)cc3)nc2n(Cc2ccoc2S(=O)(=O)CCOC)c1=O)C(C)C. The molecule has 1 saturated heterocycles. The van der Waals surface area contributed by atoms with E-state index in [0.717, 1.165) is 37.4 Å². The van der Waals surface area contributed by atoms with E-state index in [1.54, 1.807) is 18.3 Å². The summed E-state index contributed by atoms with van der Waals surface area (Å²) in [5.41, 5.74) is 2.17. The molecule has 0 radical (unpaired) electrons. The number of sulfone groups is 1. The van der Waals surface area contributed by atoms with Gasteiger partial charge in [0.2, 0.25) is 20.9 Å². The van der Waals surface area contributed by atoms with E-state index >= 15 is 0 Å². The van der Waals surface area contributed by atoms with Crippen molar-refractivity contribution in [3.8, 4) is 5.75 Å². The van der Waals surface area contributed by atoms with Crippen molar-refractivity contribution in [2.75, 3.05) is 44.9 Å². The average Bonchev–Trinajstić information content (AvgIpc) is 3.48. The summed E-state index contributed by atoms with van der Waals surface area (Å²) in [6.07, 6.45) is 5.25. The van der Waals surface area contributed by atoms with Crippen LogP contribution in [0, 0.1) is 5.92 Å². The molecule has 11 nitrogen and oxygen atoms in total. The predicted molar refractivity (Wildman–Crippen MR) is 170 cm³/mol. The molecule has 1 aromatic carbocycles. The maximum absolute atomic E-state index is 13.9. The number of piperidine rings is 1. The van der Waals surface area contributed by atoms with Crippen LogP contribution in [0.15, 0.2) is 69.7 Å². The number of rotatable bonds is 12. The van der Waals surface area contributed by atoms with E-state index in [2.05, 4.69) is 28.8 Å². The van der Waals surface area contributed by atoms with Gasteiger partial charge < -0.3 is 24.1 Å². The molecule has 3 aromatic heterocycles. The van der Waals surface area contributed by atoms with Gasteiger partial charge in [0.15, 0.2) is 0 Å². The fourth-order valence-electron chi connectivity index (χ4n) is 5.23. The Kier molecular flexibility index (Phi) is 9.52. The zero-order valence-corrected chi connectivity index (χ0v) is 26.4. The number of allylic oxidation sites excluding steroid dienone is 1. The molecule has 12 heteroatoms. The fraction of sp³-hybridized carbons (Fsp3) is 0.406. The molecule has 5 rings (SSSR count). The Labute approximate surface area is 257 Å². The van der Waals surface area contributed by atoms with E-state index in [1.165, 1.54) is 17.9 Å². The molecule has 234 valence electrons. The molecule has 0 spiro atoms. The summed E-state index contributed by atoms with van der Waals surface area (Å²) in [7, 11) is -0.248. The van der Waals surface area contributed by atoms with Crippen molar-refractivity contribution in [2.24, 2.45) is 5.92 Å². The van der Waals surface area contributed by atoms with Crippen molar-refractivity contribution in [1.82, 2.24) is 19.4 Å². The molecule has 0 saturated carbocycles. The first-order valence-corrected chi connectivity index (χ1v) is 16.3. The van der Waals surface area contributed by atoms with Crippen LogP contribution in [-0.4, -0.2) is 73.6 Å². The average molecular weight is 622 g/mol. The predicted octanol–water partition coefficient (Wildman–Crippen LogP) is 4.74. The molecule has 1 N–H and O–H groups in total. The summed E-state index contributed by atoms with van der Waals surface area (Å²) in [5, 5.41) is 3.62. The van der Waals surface area contributed by atoms with Crippen LogP contribution in [0.4, 0.5) is 11.6 Å². The van der Waals surface area contributed by atoms with Gasteiger partial charge in [0, 0.05) is 42.1 Å². The number of hydrogen-bond acceptors (Lipinski definition) is 10. The van der Waals surface area contributed by atoms with Gasteiger partial charge in [0.05, 0.1) is 25.2 Å². The van der Waals surface area contributed by atoms with Gasteiger partial charge in [-0.3, -0.25) is 9.36 Å². The monoisotopic (exact) mass is 621 g/mol. The van der Waals surface area contributed by atoms with E-state index in [-0.39, 0.29) is 47.5 Å². The molecule has 1 atom stereocenters. The number of likely N-dealkylation sites (tertiary alicyclic amines) is 1. The molecule has 1 fully saturated rings. The molecular formula is C32H39N5O6S. The first-order valence-electron chi connectivity index (χ1n) is 14.7. The van der Waals surface area contributed by atoms with Gasteiger partial charge in [-0.1, -0.05) is 20.4 Å². The minimum Gasteiger partial charge on any atom is -0.489 e. The third-order valence-electron chi connectivity index (χ3n) is 7.74. The lowest BCUT2D eigenvalue weighted by Crippen LogP contribution is -2.38. The van der Waals surface area contributed by atoms with Crippen molar-refractivity contribution in [3.63, 3.8) is 0 Å². The normalized spacial score (nSPS) is 16.0. The minimum absolute atomic E-state index is 0.0142. The number of likely N-dealkylation sites (N-methyl/N-ethyl adjacent to an activating group) is 1. The highest BCUT2D eigenvalue weighted by Gasteiger charge is 2.25. The molecule has 4 aromatic rings. The lowest BCUT2D eigenvalue weighted by molar-refractivity contribution is 0.104. The van der Waals surface area contributed by atoms with Gasteiger partial charge in [-0.05, 0) is 74.3 Å². The summed E-state index contributed by atoms with van der Waals surface area (Å²) in [6, 6.07) is 10.9.